The van der Waals surface area contributed by atoms with E-state index in [1.54, 1.807) is 12.1 Å². The largest absolute Gasteiger partial charge is 0.338 e. The maximum Gasteiger partial charge on any atom is 0.269 e. The molecule has 0 spiro atoms. The molecule has 7 nitrogen and oxygen atoms in total. The van der Waals surface area contributed by atoms with E-state index in [0.29, 0.717) is 23.8 Å². The fraction of sp³-hybridized carbons (Fsp3) is 0.333. The molecular weight excluding hydrogens is 248 g/mol. The van der Waals surface area contributed by atoms with E-state index in [9.17, 15) is 10.1 Å². The molecule has 98 valence electrons. The fourth-order valence-electron chi connectivity index (χ4n) is 1.94. The van der Waals surface area contributed by atoms with Gasteiger partial charge in [0.05, 0.1) is 10.3 Å². The van der Waals surface area contributed by atoms with Crippen molar-refractivity contribution in [2.75, 3.05) is 6.54 Å². The standard InChI is InChI=1S/C12H12N4O3/c13-7-12(5-6-12)11-14-10(15-19-11)8-1-3-9(4-2-8)16(17)18/h1-4H,5-7,13H2. The van der Waals surface area contributed by atoms with Crippen LogP contribution in [0, 0.1) is 10.1 Å². The second-order valence-electron chi connectivity index (χ2n) is 4.71. The zero-order valence-electron chi connectivity index (χ0n) is 10.1. The minimum atomic E-state index is -0.445. The average molecular weight is 260 g/mol. The van der Waals surface area contributed by atoms with Gasteiger partial charge in [-0.25, -0.2) is 0 Å². The maximum atomic E-state index is 10.6. The quantitative estimate of drug-likeness (QED) is 0.661. The summed E-state index contributed by atoms with van der Waals surface area (Å²) < 4.78 is 5.24. The summed E-state index contributed by atoms with van der Waals surface area (Å²) in [6.07, 6.45) is 1.93. The molecule has 1 aliphatic carbocycles. The number of nitrogens with two attached hydrogens (primary N) is 1. The molecule has 1 aromatic carbocycles. The van der Waals surface area contributed by atoms with Gasteiger partial charge in [-0.3, -0.25) is 10.1 Å². The zero-order valence-corrected chi connectivity index (χ0v) is 10.1. The molecular formula is C12H12N4O3. The lowest BCUT2D eigenvalue weighted by molar-refractivity contribution is -0.384. The number of benzene rings is 1. The van der Waals surface area contributed by atoms with Crippen LogP contribution in [-0.2, 0) is 5.41 Å². The van der Waals surface area contributed by atoms with Gasteiger partial charge in [0.25, 0.3) is 5.69 Å². The molecule has 2 N–H and O–H groups in total. The van der Waals surface area contributed by atoms with Crippen molar-refractivity contribution in [3.05, 3.63) is 40.3 Å². The molecule has 1 aromatic heterocycles. The lowest BCUT2D eigenvalue weighted by Crippen LogP contribution is -2.19. The average Bonchev–Trinajstić information content (AvgIpc) is 3.08. The van der Waals surface area contributed by atoms with Gasteiger partial charge in [0, 0.05) is 24.2 Å². The Hall–Kier alpha value is -2.28. The van der Waals surface area contributed by atoms with Crippen molar-refractivity contribution in [3.63, 3.8) is 0 Å². The number of nitro benzene ring substituents is 1. The van der Waals surface area contributed by atoms with Crippen molar-refractivity contribution in [1.82, 2.24) is 10.1 Å². The van der Waals surface area contributed by atoms with Crippen LogP contribution in [0.25, 0.3) is 11.4 Å². The minimum Gasteiger partial charge on any atom is -0.338 e. The molecule has 2 aromatic rings. The van der Waals surface area contributed by atoms with Gasteiger partial charge in [0.2, 0.25) is 11.7 Å². The molecule has 0 bridgehead atoms. The van der Waals surface area contributed by atoms with Gasteiger partial charge in [0.1, 0.15) is 0 Å². The monoisotopic (exact) mass is 260 g/mol. The summed E-state index contributed by atoms with van der Waals surface area (Å²) in [5.74, 6) is 0.993. The van der Waals surface area contributed by atoms with Crippen LogP contribution in [0.3, 0.4) is 0 Å². The highest BCUT2D eigenvalue weighted by atomic mass is 16.6. The van der Waals surface area contributed by atoms with E-state index in [4.69, 9.17) is 10.3 Å². The van der Waals surface area contributed by atoms with Crippen LogP contribution < -0.4 is 5.73 Å². The SMILES string of the molecule is NCC1(c2nc(-c3ccc([N+](=O)[O-])cc3)no2)CC1. The number of non-ortho nitro benzene ring substituents is 1. The zero-order chi connectivity index (χ0) is 13.5. The third kappa shape index (κ3) is 1.97. The Kier molecular flexibility index (Phi) is 2.56. The maximum absolute atomic E-state index is 10.6. The Morgan fingerprint density at radius 3 is 2.58 bits per heavy atom. The molecule has 1 saturated carbocycles. The Morgan fingerprint density at radius 1 is 1.37 bits per heavy atom. The summed E-state index contributed by atoms with van der Waals surface area (Å²) in [6.45, 7) is 0.495. The number of nitrogens with zero attached hydrogens (tertiary/aromatic N) is 3. The lowest BCUT2D eigenvalue weighted by Gasteiger charge is -2.03. The van der Waals surface area contributed by atoms with Gasteiger partial charge in [-0.05, 0) is 25.0 Å². The highest BCUT2D eigenvalue weighted by molar-refractivity contribution is 5.56. The van der Waals surface area contributed by atoms with E-state index in [1.807, 2.05) is 0 Å². The van der Waals surface area contributed by atoms with Gasteiger partial charge in [0.15, 0.2) is 0 Å². The third-order valence-electron chi connectivity index (χ3n) is 3.46. The van der Waals surface area contributed by atoms with Crippen molar-refractivity contribution >= 4 is 5.69 Å². The van der Waals surface area contributed by atoms with Crippen LogP contribution in [0.15, 0.2) is 28.8 Å². The molecule has 1 aliphatic rings. The Balaban J connectivity index is 1.88. The van der Waals surface area contributed by atoms with Crippen molar-refractivity contribution in [1.29, 1.82) is 0 Å². The first-order valence-electron chi connectivity index (χ1n) is 5.94. The van der Waals surface area contributed by atoms with Gasteiger partial charge in [-0.1, -0.05) is 5.16 Å². The third-order valence-corrected chi connectivity index (χ3v) is 3.46. The van der Waals surface area contributed by atoms with Crippen LogP contribution in [0.5, 0.6) is 0 Å². The Morgan fingerprint density at radius 2 is 2.05 bits per heavy atom. The molecule has 0 aliphatic heterocycles. The first-order valence-corrected chi connectivity index (χ1v) is 5.94. The number of hydrogen-bond acceptors (Lipinski definition) is 6. The van der Waals surface area contributed by atoms with Crippen molar-refractivity contribution < 1.29 is 9.45 Å². The molecule has 0 amide bonds. The fourth-order valence-corrected chi connectivity index (χ4v) is 1.94. The van der Waals surface area contributed by atoms with Crippen molar-refractivity contribution in [2.45, 2.75) is 18.3 Å². The summed E-state index contributed by atoms with van der Waals surface area (Å²) in [5, 5.41) is 14.5. The molecule has 3 rings (SSSR count). The molecule has 19 heavy (non-hydrogen) atoms. The molecule has 7 heteroatoms. The van der Waals surface area contributed by atoms with E-state index in [0.717, 1.165) is 12.8 Å². The van der Waals surface area contributed by atoms with E-state index in [-0.39, 0.29) is 11.1 Å². The summed E-state index contributed by atoms with van der Waals surface area (Å²) in [5.41, 5.74) is 6.28. The van der Waals surface area contributed by atoms with Crippen LogP contribution in [0.4, 0.5) is 5.69 Å². The van der Waals surface area contributed by atoms with Crippen LogP contribution in [0.1, 0.15) is 18.7 Å². The second-order valence-corrected chi connectivity index (χ2v) is 4.71. The molecule has 0 radical (unpaired) electrons. The Bertz CT molecular complexity index is 616. The van der Waals surface area contributed by atoms with Crippen LogP contribution in [-0.4, -0.2) is 21.6 Å². The van der Waals surface area contributed by atoms with Gasteiger partial charge < -0.3 is 10.3 Å². The summed E-state index contributed by atoms with van der Waals surface area (Å²) >= 11 is 0. The molecule has 1 fully saturated rings. The molecule has 0 saturated heterocycles. The summed E-state index contributed by atoms with van der Waals surface area (Å²) in [4.78, 5) is 14.5. The highest BCUT2D eigenvalue weighted by Gasteiger charge is 2.48. The van der Waals surface area contributed by atoms with Crippen LogP contribution in [0.2, 0.25) is 0 Å². The van der Waals surface area contributed by atoms with E-state index in [1.165, 1.54) is 12.1 Å². The number of rotatable bonds is 4. The van der Waals surface area contributed by atoms with Gasteiger partial charge >= 0.3 is 0 Å². The predicted molar refractivity (Wildman–Crippen MR) is 66.4 cm³/mol. The van der Waals surface area contributed by atoms with Crippen LogP contribution >= 0.6 is 0 Å². The van der Waals surface area contributed by atoms with Gasteiger partial charge in [-0.15, -0.1) is 0 Å². The smallest absolute Gasteiger partial charge is 0.269 e. The molecule has 1 heterocycles. The minimum absolute atomic E-state index is 0.0353. The van der Waals surface area contributed by atoms with Crippen molar-refractivity contribution in [2.24, 2.45) is 5.73 Å². The Labute approximate surface area is 108 Å². The summed E-state index contributed by atoms with van der Waals surface area (Å²) in [6, 6.07) is 6.05. The predicted octanol–water partition coefficient (Wildman–Crippen LogP) is 1.64. The first kappa shape index (κ1) is 11.8. The topological polar surface area (TPSA) is 108 Å². The van der Waals surface area contributed by atoms with Crippen molar-refractivity contribution in [3.8, 4) is 11.4 Å². The highest BCUT2D eigenvalue weighted by Crippen LogP contribution is 2.46. The van der Waals surface area contributed by atoms with E-state index < -0.39 is 4.92 Å². The van der Waals surface area contributed by atoms with Gasteiger partial charge in [-0.2, -0.15) is 4.98 Å². The summed E-state index contributed by atoms with van der Waals surface area (Å²) in [7, 11) is 0. The molecule has 0 unspecified atom stereocenters. The second kappa shape index (κ2) is 4.13. The molecule has 0 atom stereocenters. The normalized spacial score (nSPS) is 16.3. The number of nitro groups is 1. The lowest BCUT2D eigenvalue weighted by atomic mass is 10.1. The van der Waals surface area contributed by atoms with E-state index in [2.05, 4.69) is 10.1 Å². The number of hydrogen-bond donors (Lipinski definition) is 1. The van der Waals surface area contributed by atoms with E-state index >= 15 is 0 Å². The number of aromatic nitrogens is 2. The first-order chi connectivity index (χ1) is 9.14.